The van der Waals surface area contributed by atoms with E-state index < -0.39 is 0 Å². The van der Waals surface area contributed by atoms with E-state index in [1.807, 2.05) is 6.92 Å². The second-order valence-electron chi connectivity index (χ2n) is 6.72. The summed E-state index contributed by atoms with van der Waals surface area (Å²) in [5.74, 6) is 0.579. The van der Waals surface area contributed by atoms with Gasteiger partial charge in [0.15, 0.2) is 0 Å². The minimum Gasteiger partial charge on any atom is -0.354 e. The van der Waals surface area contributed by atoms with Gasteiger partial charge in [0.2, 0.25) is 5.91 Å². The molecule has 0 bridgehead atoms. The average Bonchev–Trinajstić information content (AvgIpc) is 3.22. The van der Waals surface area contributed by atoms with Crippen LogP contribution in [-0.4, -0.2) is 40.2 Å². The maximum atomic E-state index is 12.7. The number of hydrogen-bond acceptors (Lipinski definition) is 4. The number of carbonyl (C=O) groups is 2. The van der Waals surface area contributed by atoms with Crippen LogP contribution in [0.3, 0.4) is 0 Å². The zero-order chi connectivity index (χ0) is 16.2. The number of aromatic nitrogens is 1. The lowest BCUT2D eigenvalue weighted by Crippen LogP contribution is -2.47. The van der Waals surface area contributed by atoms with Gasteiger partial charge in [0.1, 0.15) is 6.04 Å². The second-order valence-corrected chi connectivity index (χ2v) is 7.35. The lowest BCUT2D eigenvalue weighted by molar-refractivity contribution is -0.125. The third-order valence-electron chi connectivity index (χ3n) is 5.09. The first kappa shape index (κ1) is 16.4. The van der Waals surface area contributed by atoms with Gasteiger partial charge < -0.3 is 10.2 Å². The summed E-state index contributed by atoms with van der Waals surface area (Å²) in [7, 11) is 0. The molecule has 126 valence electrons. The number of aryl methyl sites for hydroxylation is 1. The van der Waals surface area contributed by atoms with E-state index in [0.29, 0.717) is 18.0 Å². The molecule has 1 aliphatic carbocycles. The highest BCUT2D eigenvalue weighted by Gasteiger charge is 2.35. The molecule has 2 heterocycles. The molecule has 2 aliphatic rings. The number of likely N-dealkylation sites (tertiary alicyclic amines) is 1. The molecule has 1 aromatic rings. The van der Waals surface area contributed by atoms with Crippen molar-refractivity contribution in [3.05, 3.63) is 16.6 Å². The molecule has 2 amide bonds. The van der Waals surface area contributed by atoms with Crippen LogP contribution in [-0.2, 0) is 4.79 Å². The summed E-state index contributed by atoms with van der Waals surface area (Å²) in [6.07, 6.45) is 7.96. The van der Waals surface area contributed by atoms with Crippen LogP contribution in [0.15, 0.2) is 5.38 Å². The number of nitrogens with one attached hydrogen (secondary N) is 1. The minimum absolute atomic E-state index is 0.0160. The molecule has 6 heteroatoms. The maximum Gasteiger partial charge on any atom is 0.257 e. The number of carbonyl (C=O) groups excluding carboxylic acids is 2. The molecule has 0 radical (unpaired) electrons. The van der Waals surface area contributed by atoms with Crippen molar-refractivity contribution >= 4 is 23.3 Å². The van der Waals surface area contributed by atoms with Gasteiger partial charge >= 0.3 is 0 Å². The molecular weight excluding hydrogens is 310 g/mol. The molecule has 3 rings (SSSR count). The minimum atomic E-state index is -0.314. The van der Waals surface area contributed by atoms with Crippen LogP contribution < -0.4 is 5.32 Å². The first-order valence-corrected chi connectivity index (χ1v) is 9.50. The Morgan fingerprint density at radius 1 is 1.26 bits per heavy atom. The van der Waals surface area contributed by atoms with Crippen molar-refractivity contribution in [1.29, 1.82) is 0 Å². The summed E-state index contributed by atoms with van der Waals surface area (Å²) < 4.78 is 4.17. The van der Waals surface area contributed by atoms with Gasteiger partial charge in [-0.15, -0.1) is 0 Å². The van der Waals surface area contributed by atoms with Crippen molar-refractivity contribution in [2.45, 2.75) is 57.9 Å². The number of hydrogen-bond donors (Lipinski definition) is 1. The Morgan fingerprint density at radius 2 is 2.04 bits per heavy atom. The fraction of sp³-hybridized carbons (Fsp3) is 0.706. The van der Waals surface area contributed by atoms with Gasteiger partial charge in [-0.05, 0) is 50.1 Å². The molecule has 0 aromatic carbocycles. The van der Waals surface area contributed by atoms with Crippen LogP contribution >= 0.6 is 11.5 Å². The van der Waals surface area contributed by atoms with Crippen LogP contribution in [0.2, 0.25) is 0 Å². The van der Waals surface area contributed by atoms with Crippen molar-refractivity contribution in [2.75, 3.05) is 13.1 Å². The largest absolute Gasteiger partial charge is 0.354 e. The molecule has 1 aromatic heterocycles. The third kappa shape index (κ3) is 3.74. The topological polar surface area (TPSA) is 62.3 Å². The van der Waals surface area contributed by atoms with Gasteiger partial charge in [0, 0.05) is 18.5 Å². The highest BCUT2D eigenvalue weighted by molar-refractivity contribution is 7.03. The number of rotatable bonds is 4. The zero-order valence-corrected chi connectivity index (χ0v) is 14.5. The van der Waals surface area contributed by atoms with Crippen molar-refractivity contribution in [3.8, 4) is 0 Å². The molecule has 5 nitrogen and oxygen atoms in total. The molecule has 0 spiro atoms. The number of nitrogens with zero attached hydrogens (tertiary/aromatic N) is 2. The first-order chi connectivity index (χ1) is 11.2. The summed E-state index contributed by atoms with van der Waals surface area (Å²) in [4.78, 5) is 26.9. The van der Waals surface area contributed by atoms with Crippen LogP contribution in [0.5, 0.6) is 0 Å². The zero-order valence-electron chi connectivity index (χ0n) is 13.7. The van der Waals surface area contributed by atoms with E-state index in [9.17, 15) is 9.59 Å². The van der Waals surface area contributed by atoms with Gasteiger partial charge in [0.05, 0.1) is 11.3 Å². The fourth-order valence-corrected chi connectivity index (χ4v) is 4.37. The van der Waals surface area contributed by atoms with Crippen molar-refractivity contribution in [3.63, 3.8) is 0 Å². The summed E-state index contributed by atoms with van der Waals surface area (Å²) in [6, 6.07) is -0.314. The summed E-state index contributed by atoms with van der Waals surface area (Å²) in [5.41, 5.74) is 1.40. The summed E-state index contributed by atoms with van der Waals surface area (Å²) >= 11 is 1.29. The van der Waals surface area contributed by atoms with Gasteiger partial charge in [-0.2, -0.15) is 4.37 Å². The van der Waals surface area contributed by atoms with Gasteiger partial charge in [-0.25, -0.2) is 0 Å². The lowest BCUT2D eigenvalue weighted by atomic mass is 9.89. The Balaban J connectivity index is 1.58. The molecule has 1 atom stereocenters. The van der Waals surface area contributed by atoms with E-state index in [1.165, 1.54) is 43.6 Å². The van der Waals surface area contributed by atoms with Gasteiger partial charge in [-0.1, -0.05) is 19.3 Å². The fourth-order valence-electron chi connectivity index (χ4n) is 3.69. The van der Waals surface area contributed by atoms with Crippen LogP contribution in [0.1, 0.15) is 61.0 Å². The number of amides is 2. The van der Waals surface area contributed by atoms with E-state index in [1.54, 1.807) is 10.3 Å². The van der Waals surface area contributed by atoms with Gasteiger partial charge in [-0.3, -0.25) is 9.59 Å². The maximum absolute atomic E-state index is 12.7. The molecule has 1 saturated heterocycles. The second kappa shape index (κ2) is 7.43. The molecule has 1 aliphatic heterocycles. The Kier molecular flexibility index (Phi) is 5.30. The highest BCUT2D eigenvalue weighted by Crippen LogP contribution is 2.24. The molecule has 1 saturated carbocycles. The quantitative estimate of drug-likeness (QED) is 0.920. The Hall–Kier alpha value is -1.43. The van der Waals surface area contributed by atoms with Crippen LogP contribution in [0, 0.1) is 12.8 Å². The molecular formula is C17H25N3O2S. The Bertz CT molecular complexity index is 566. The third-order valence-corrected chi connectivity index (χ3v) is 5.81. The van der Waals surface area contributed by atoms with Crippen molar-refractivity contribution < 1.29 is 9.59 Å². The van der Waals surface area contributed by atoms with E-state index in [2.05, 4.69) is 9.69 Å². The monoisotopic (exact) mass is 335 g/mol. The van der Waals surface area contributed by atoms with Crippen molar-refractivity contribution in [1.82, 2.24) is 14.6 Å². The molecule has 23 heavy (non-hydrogen) atoms. The smallest absolute Gasteiger partial charge is 0.257 e. The van der Waals surface area contributed by atoms with Crippen molar-refractivity contribution in [2.24, 2.45) is 5.92 Å². The Labute approximate surface area is 141 Å². The normalized spacial score (nSPS) is 22.3. The predicted molar refractivity (Wildman–Crippen MR) is 90.5 cm³/mol. The van der Waals surface area contributed by atoms with E-state index in [4.69, 9.17) is 0 Å². The first-order valence-electron chi connectivity index (χ1n) is 8.66. The van der Waals surface area contributed by atoms with Crippen LogP contribution in [0.25, 0.3) is 0 Å². The lowest BCUT2D eigenvalue weighted by Gasteiger charge is -2.26. The predicted octanol–water partition coefficient (Wildman–Crippen LogP) is 2.75. The van der Waals surface area contributed by atoms with Gasteiger partial charge in [0.25, 0.3) is 5.91 Å². The van der Waals surface area contributed by atoms with E-state index in [0.717, 1.165) is 25.1 Å². The molecule has 1 N–H and O–H groups in total. The SMILES string of the molecule is Cc1nscc1C(=O)N1CCC[C@@H]1C(=O)NCC1CCCCC1. The molecule has 0 unspecified atom stereocenters. The van der Waals surface area contributed by atoms with E-state index in [-0.39, 0.29) is 17.9 Å². The average molecular weight is 335 g/mol. The summed E-state index contributed by atoms with van der Waals surface area (Å²) in [6.45, 7) is 3.27. The highest BCUT2D eigenvalue weighted by atomic mass is 32.1. The Morgan fingerprint density at radius 3 is 2.74 bits per heavy atom. The van der Waals surface area contributed by atoms with Crippen LogP contribution in [0.4, 0.5) is 0 Å². The summed E-state index contributed by atoms with van der Waals surface area (Å²) in [5, 5.41) is 4.88. The standard InChI is InChI=1S/C17H25N3O2S/c1-12-14(11-23-19-12)17(22)20-9-5-8-15(20)16(21)18-10-13-6-3-2-4-7-13/h11,13,15H,2-10H2,1H3,(H,18,21)/t15-/m1/s1. The molecule has 2 fully saturated rings. The van der Waals surface area contributed by atoms with E-state index >= 15 is 0 Å².